The molecule has 1 aromatic heterocycles. The largest absolute Gasteiger partial charge is 0.445 e. The molecule has 0 aliphatic rings. The minimum Gasteiger partial charge on any atom is -0.445 e. The van der Waals surface area contributed by atoms with Gasteiger partial charge in [-0.2, -0.15) is 0 Å². The molecule has 20 heavy (non-hydrogen) atoms. The molecule has 0 bridgehead atoms. The molecule has 0 radical (unpaired) electrons. The summed E-state index contributed by atoms with van der Waals surface area (Å²) in [5.41, 5.74) is 0.946. The Hall–Kier alpha value is -1.96. The molecule has 1 amide bonds. The number of hydrogen-bond acceptors (Lipinski definition) is 3. The minimum atomic E-state index is -0.479. The Morgan fingerprint density at radius 3 is 2.75 bits per heavy atom. The van der Waals surface area contributed by atoms with Crippen LogP contribution in [0.4, 0.5) is 4.79 Å². The van der Waals surface area contributed by atoms with Gasteiger partial charge in [0.1, 0.15) is 6.61 Å². The van der Waals surface area contributed by atoms with Gasteiger partial charge in [0, 0.05) is 0 Å². The zero-order valence-corrected chi connectivity index (χ0v) is 12.1. The van der Waals surface area contributed by atoms with Crippen molar-refractivity contribution in [3.05, 3.63) is 57.2 Å². The summed E-state index contributed by atoms with van der Waals surface area (Å²) in [7, 11) is 0. The van der Waals surface area contributed by atoms with Crippen LogP contribution in [0.1, 0.15) is 10.4 Å². The van der Waals surface area contributed by atoms with E-state index in [9.17, 15) is 4.79 Å². The summed E-state index contributed by atoms with van der Waals surface area (Å²) < 4.78 is 5.75. The van der Waals surface area contributed by atoms with Crippen molar-refractivity contribution in [2.45, 2.75) is 6.61 Å². The molecule has 102 valence electrons. The predicted molar refractivity (Wildman–Crippen MR) is 80.8 cm³/mol. The number of carbonyl (C=O) groups excluding carboxylic acids is 1. The van der Waals surface area contributed by atoms with Crippen molar-refractivity contribution in [2.75, 3.05) is 6.54 Å². The van der Waals surface area contributed by atoms with E-state index in [0.29, 0.717) is 4.34 Å². The number of alkyl carbamates (subject to hydrolysis) is 1. The van der Waals surface area contributed by atoms with E-state index in [-0.39, 0.29) is 13.2 Å². The third-order valence-corrected chi connectivity index (χ3v) is 3.47. The summed E-state index contributed by atoms with van der Waals surface area (Å²) in [5, 5.41) is 2.57. The highest BCUT2D eigenvalue weighted by Crippen LogP contribution is 2.19. The van der Waals surface area contributed by atoms with Crippen LogP contribution in [-0.4, -0.2) is 12.6 Å². The Bertz CT molecular complexity index is 628. The molecule has 2 rings (SSSR count). The second kappa shape index (κ2) is 7.59. The van der Waals surface area contributed by atoms with Gasteiger partial charge in [0.2, 0.25) is 0 Å². The number of carbonyl (C=O) groups is 1. The number of nitrogens with one attached hydrogen (secondary N) is 1. The van der Waals surface area contributed by atoms with Crippen molar-refractivity contribution in [2.24, 2.45) is 0 Å². The van der Waals surface area contributed by atoms with Gasteiger partial charge in [-0.05, 0) is 17.7 Å². The summed E-state index contributed by atoms with van der Waals surface area (Å²) in [6.07, 6.45) is -0.479. The fourth-order valence-corrected chi connectivity index (χ4v) is 2.32. The molecule has 0 fully saturated rings. The molecular formula is C15H12ClNO2S. The van der Waals surface area contributed by atoms with Gasteiger partial charge in [0.25, 0.3) is 0 Å². The van der Waals surface area contributed by atoms with E-state index < -0.39 is 6.09 Å². The first kappa shape index (κ1) is 14.4. The molecule has 0 spiro atoms. The molecule has 0 unspecified atom stereocenters. The van der Waals surface area contributed by atoms with Crippen molar-refractivity contribution >= 4 is 29.0 Å². The highest BCUT2D eigenvalue weighted by Gasteiger charge is 2.00. The van der Waals surface area contributed by atoms with Crippen LogP contribution in [0.5, 0.6) is 0 Å². The lowest BCUT2D eigenvalue weighted by atomic mass is 10.2. The van der Waals surface area contributed by atoms with Gasteiger partial charge in [0.15, 0.2) is 0 Å². The highest BCUT2D eigenvalue weighted by atomic mass is 35.5. The van der Waals surface area contributed by atoms with E-state index in [0.717, 1.165) is 10.4 Å². The van der Waals surface area contributed by atoms with Crippen molar-refractivity contribution < 1.29 is 9.53 Å². The van der Waals surface area contributed by atoms with Gasteiger partial charge in [-0.25, -0.2) is 4.79 Å². The van der Waals surface area contributed by atoms with E-state index in [4.69, 9.17) is 16.3 Å². The number of amides is 1. The summed E-state index contributed by atoms with van der Waals surface area (Å²) in [5.74, 6) is 5.74. The average molecular weight is 306 g/mol. The molecule has 0 aliphatic heterocycles. The van der Waals surface area contributed by atoms with Crippen LogP contribution in [0.15, 0.2) is 42.5 Å². The SMILES string of the molecule is O=C(NCC#Cc1ccc(Cl)s1)OCc1ccccc1. The maximum absolute atomic E-state index is 11.4. The Morgan fingerprint density at radius 1 is 1.25 bits per heavy atom. The zero-order valence-electron chi connectivity index (χ0n) is 10.6. The molecule has 1 aromatic carbocycles. The van der Waals surface area contributed by atoms with Crippen LogP contribution in [-0.2, 0) is 11.3 Å². The molecule has 0 saturated carbocycles. The number of thiophene rings is 1. The van der Waals surface area contributed by atoms with Gasteiger partial charge in [-0.1, -0.05) is 53.8 Å². The van der Waals surface area contributed by atoms with Crippen molar-refractivity contribution in [3.8, 4) is 11.8 Å². The fraction of sp³-hybridized carbons (Fsp3) is 0.133. The summed E-state index contributed by atoms with van der Waals surface area (Å²) in [6, 6.07) is 13.1. The highest BCUT2D eigenvalue weighted by molar-refractivity contribution is 7.16. The zero-order chi connectivity index (χ0) is 14.2. The Kier molecular flexibility index (Phi) is 5.48. The molecule has 0 aliphatic carbocycles. The first-order valence-corrected chi connectivity index (χ1v) is 7.12. The maximum atomic E-state index is 11.4. The van der Waals surface area contributed by atoms with Gasteiger partial charge >= 0.3 is 6.09 Å². The van der Waals surface area contributed by atoms with E-state index in [1.54, 1.807) is 6.07 Å². The van der Waals surface area contributed by atoms with Crippen molar-refractivity contribution in [1.29, 1.82) is 0 Å². The van der Waals surface area contributed by atoms with Crippen LogP contribution < -0.4 is 5.32 Å². The number of ether oxygens (including phenoxy) is 1. The van der Waals surface area contributed by atoms with Crippen LogP contribution >= 0.6 is 22.9 Å². The normalized spacial score (nSPS) is 9.45. The predicted octanol–water partition coefficient (Wildman–Crippen LogP) is 3.68. The second-order valence-corrected chi connectivity index (χ2v) is 5.54. The van der Waals surface area contributed by atoms with Gasteiger partial charge in [-0.3, -0.25) is 0 Å². The summed E-state index contributed by atoms with van der Waals surface area (Å²) >= 11 is 7.19. The molecular weight excluding hydrogens is 294 g/mol. The lowest BCUT2D eigenvalue weighted by molar-refractivity contribution is 0.141. The monoisotopic (exact) mass is 305 g/mol. The van der Waals surface area contributed by atoms with E-state index in [2.05, 4.69) is 17.2 Å². The van der Waals surface area contributed by atoms with Crippen molar-refractivity contribution in [3.63, 3.8) is 0 Å². The van der Waals surface area contributed by atoms with E-state index in [1.807, 2.05) is 36.4 Å². The Balaban J connectivity index is 1.69. The van der Waals surface area contributed by atoms with Gasteiger partial charge < -0.3 is 10.1 Å². The minimum absolute atomic E-state index is 0.239. The lowest BCUT2D eigenvalue weighted by Gasteiger charge is -2.04. The molecule has 2 aromatic rings. The number of halogens is 1. The molecule has 1 N–H and O–H groups in total. The van der Waals surface area contributed by atoms with Crippen LogP contribution in [0.2, 0.25) is 4.34 Å². The van der Waals surface area contributed by atoms with E-state index in [1.165, 1.54) is 11.3 Å². The van der Waals surface area contributed by atoms with Crippen LogP contribution in [0.3, 0.4) is 0 Å². The summed E-state index contributed by atoms with van der Waals surface area (Å²) in [6.45, 7) is 0.490. The second-order valence-electron chi connectivity index (χ2n) is 3.82. The quantitative estimate of drug-likeness (QED) is 0.879. The number of rotatable bonds is 3. The first-order valence-electron chi connectivity index (χ1n) is 5.93. The summed E-state index contributed by atoms with van der Waals surface area (Å²) in [4.78, 5) is 12.3. The van der Waals surface area contributed by atoms with E-state index >= 15 is 0 Å². The number of hydrogen-bond donors (Lipinski definition) is 1. The maximum Gasteiger partial charge on any atom is 0.408 e. The molecule has 1 heterocycles. The van der Waals surface area contributed by atoms with Gasteiger partial charge in [-0.15, -0.1) is 11.3 Å². The third-order valence-electron chi connectivity index (χ3n) is 2.32. The van der Waals surface area contributed by atoms with Crippen LogP contribution in [0, 0.1) is 11.8 Å². The first-order chi connectivity index (χ1) is 9.74. The van der Waals surface area contributed by atoms with Crippen molar-refractivity contribution in [1.82, 2.24) is 5.32 Å². The number of benzene rings is 1. The molecule has 0 atom stereocenters. The smallest absolute Gasteiger partial charge is 0.408 e. The molecule has 3 nitrogen and oxygen atoms in total. The molecule has 5 heteroatoms. The standard InChI is InChI=1S/C15H12ClNO2S/c16-14-9-8-13(20-14)7-4-10-17-15(18)19-11-12-5-2-1-3-6-12/h1-3,5-6,8-9H,10-11H2,(H,17,18). The lowest BCUT2D eigenvalue weighted by Crippen LogP contribution is -2.24. The average Bonchev–Trinajstić information content (AvgIpc) is 2.88. The van der Waals surface area contributed by atoms with Crippen LogP contribution in [0.25, 0.3) is 0 Å². The third kappa shape index (κ3) is 4.96. The Morgan fingerprint density at radius 2 is 2.05 bits per heavy atom. The fourth-order valence-electron chi connectivity index (χ4n) is 1.40. The Labute approximate surface area is 126 Å². The van der Waals surface area contributed by atoms with Gasteiger partial charge in [0.05, 0.1) is 15.8 Å². The topological polar surface area (TPSA) is 38.3 Å². The molecule has 0 saturated heterocycles.